The minimum absolute atomic E-state index is 0.0619. The van der Waals surface area contributed by atoms with Crippen molar-refractivity contribution in [1.82, 2.24) is 20.2 Å². The van der Waals surface area contributed by atoms with Gasteiger partial charge in [0.05, 0.1) is 29.2 Å². The number of carboxylic acid groups (broad SMARTS) is 1. The molecule has 0 radical (unpaired) electrons. The highest BCUT2D eigenvalue weighted by atomic mass is 19.4. The molecule has 2 heterocycles. The van der Waals surface area contributed by atoms with Gasteiger partial charge in [0.15, 0.2) is 5.78 Å². The Hall–Kier alpha value is -3.44. The van der Waals surface area contributed by atoms with Gasteiger partial charge in [0.25, 0.3) is 0 Å². The number of aryl methyl sites for hydroxylation is 1. The van der Waals surface area contributed by atoms with E-state index < -0.39 is 41.2 Å². The lowest BCUT2D eigenvalue weighted by molar-refractivity contribution is -0.141. The van der Waals surface area contributed by atoms with Crippen LogP contribution in [0.4, 0.5) is 18.0 Å². The van der Waals surface area contributed by atoms with Gasteiger partial charge in [-0.1, -0.05) is 79.1 Å². The number of hydrogen-bond donors (Lipinski definition) is 2. The molecule has 1 aromatic carbocycles. The summed E-state index contributed by atoms with van der Waals surface area (Å²) in [5, 5.41) is 11.8. The smallest absolute Gasteiger partial charge is 0.416 e. The second-order valence-corrected chi connectivity index (χ2v) is 14.4. The van der Waals surface area contributed by atoms with Crippen LogP contribution >= 0.6 is 0 Å². The molecule has 2 N–H and O–H groups in total. The maximum absolute atomic E-state index is 13.8. The lowest BCUT2D eigenvalue weighted by Crippen LogP contribution is -2.56. The van der Waals surface area contributed by atoms with Gasteiger partial charge in [0, 0.05) is 12.5 Å². The average molecular weight is 663 g/mol. The van der Waals surface area contributed by atoms with E-state index in [-0.39, 0.29) is 42.2 Å². The van der Waals surface area contributed by atoms with Crippen molar-refractivity contribution in [3.05, 3.63) is 29.5 Å². The first-order chi connectivity index (χ1) is 22.1. The molecule has 9 nitrogen and oxygen atoms in total. The zero-order chi connectivity index (χ0) is 34.5. The molecule has 1 aromatic heterocycles. The molecule has 1 saturated heterocycles. The molecule has 47 heavy (non-hydrogen) atoms. The maximum atomic E-state index is 13.8. The number of halogens is 3. The van der Waals surface area contributed by atoms with Gasteiger partial charge in [-0.2, -0.15) is 13.2 Å². The molecule has 1 aliphatic carbocycles. The van der Waals surface area contributed by atoms with E-state index in [2.05, 4.69) is 15.3 Å². The largest absolute Gasteiger partial charge is 0.476 e. The Morgan fingerprint density at radius 2 is 1.77 bits per heavy atom. The molecule has 0 bridgehead atoms. The first-order valence-corrected chi connectivity index (χ1v) is 16.9. The Kier molecular flexibility index (Phi) is 11.8. The molecule has 0 spiro atoms. The lowest BCUT2D eigenvalue weighted by atomic mass is 9.85. The molecule has 2 aliphatic rings. The zero-order valence-electron chi connectivity index (χ0n) is 28.2. The number of amides is 2. The summed E-state index contributed by atoms with van der Waals surface area (Å²) in [4.78, 5) is 48.9. The van der Waals surface area contributed by atoms with Gasteiger partial charge in [-0.05, 0) is 55.2 Å². The Bertz CT molecular complexity index is 1420. The predicted molar refractivity (Wildman–Crippen MR) is 172 cm³/mol. The third-order valence-electron chi connectivity index (χ3n) is 9.79. The number of carbonyl (C=O) groups is 3. The summed E-state index contributed by atoms with van der Waals surface area (Å²) < 4.78 is 46.8. The average Bonchev–Trinajstić information content (AvgIpc) is 3.64. The standard InChI is InChI=1S/C35H49F3N4O5/c1-6-25-23(19-42(29(25)21(2)43)32(44)30(34(3,4)5)41-33(45)46)20-47-31-27(15-9-7-8-12-22-13-10-11-14-22)39-26-17-16-24(35(36,37)38)18-28(26)40-31/h16-18,22-23,25,29-30,41H,6-15,19-20H2,1-5H3,(H,45,46)/t23-,25?,29?,30?/m1/s1. The van der Waals surface area contributed by atoms with Gasteiger partial charge in [0.1, 0.15) is 11.7 Å². The van der Waals surface area contributed by atoms with Crippen LogP contribution in [0.15, 0.2) is 18.2 Å². The molecule has 260 valence electrons. The van der Waals surface area contributed by atoms with Crippen molar-refractivity contribution in [3.63, 3.8) is 0 Å². The van der Waals surface area contributed by atoms with Crippen molar-refractivity contribution in [2.75, 3.05) is 13.2 Å². The fourth-order valence-corrected chi connectivity index (χ4v) is 7.33. The first-order valence-electron chi connectivity index (χ1n) is 16.9. The minimum Gasteiger partial charge on any atom is -0.476 e. The maximum Gasteiger partial charge on any atom is 0.416 e. The third-order valence-corrected chi connectivity index (χ3v) is 9.79. The number of unbranched alkanes of at least 4 members (excludes halogenated alkanes) is 2. The van der Waals surface area contributed by atoms with Crippen LogP contribution in [0, 0.1) is 23.2 Å². The third kappa shape index (κ3) is 9.13. The highest BCUT2D eigenvalue weighted by Gasteiger charge is 2.49. The molecule has 1 saturated carbocycles. The normalized spacial score (nSPS) is 21.3. The van der Waals surface area contributed by atoms with Gasteiger partial charge < -0.3 is 20.1 Å². The predicted octanol–water partition coefficient (Wildman–Crippen LogP) is 7.45. The van der Waals surface area contributed by atoms with Crippen LogP contribution in [-0.4, -0.2) is 63.0 Å². The number of hydrogen-bond acceptors (Lipinski definition) is 6. The molecular formula is C35H49F3N4O5. The van der Waals surface area contributed by atoms with Crippen LogP contribution in [-0.2, 0) is 22.2 Å². The van der Waals surface area contributed by atoms with E-state index in [0.717, 1.165) is 37.3 Å². The molecule has 2 amide bonds. The Morgan fingerprint density at radius 1 is 1.06 bits per heavy atom. The van der Waals surface area contributed by atoms with Crippen LogP contribution in [0.2, 0.25) is 0 Å². The number of nitrogens with zero attached hydrogens (tertiary/aromatic N) is 3. The lowest BCUT2D eigenvalue weighted by Gasteiger charge is -2.35. The number of aromatic nitrogens is 2. The molecule has 2 aromatic rings. The number of nitrogens with one attached hydrogen (secondary N) is 1. The van der Waals surface area contributed by atoms with E-state index in [0.29, 0.717) is 24.1 Å². The van der Waals surface area contributed by atoms with E-state index in [4.69, 9.17) is 4.74 Å². The van der Waals surface area contributed by atoms with Gasteiger partial charge >= 0.3 is 12.3 Å². The quantitative estimate of drug-likeness (QED) is 0.214. The summed E-state index contributed by atoms with van der Waals surface area (Å²) >= 11 is 0. The molecule has 4 rings (SSSR count). The van der Waals surface area contributed by atoms with Crippen LogP contribution < -0.4 is 10.1 Å². The van der Waals surface area contributed by atoms with Crippen LogP contribution in [0.3, 0.4) is 0 Å². The summed E-state index contributed by atoms with van der Waals surface area (Å²) in [7, 11) is 0. The van der Waals surface area contributed by atoms with Crippen LogP contribution in [0.25, 0.3) is 11.0 Å². The second-order valence-electron chi connectivity index (χ2n) is 14.4. The highest BCUT2D eigenvalue weighted by Crippen LogP contribution is 2.37. The zero-order valence-corrected chi connectivity index (χ0v) is 28.2. The Balaban J connectivity index is 1.57. The number of alkyl halides is 3. The van der Waals surface area contributed by atoms with E-state index in [1.807, 2.05) is 6.92 Å². The van der Waals surface area contributed by atoms with E-state index in [1.54, 1.807) is 20.8 Å². The fourth-order valence-electron chi connectivity index (χ4n) is 7.33. The molecule has 3 unspecified atom stereocenters. The number of benzene rings is 1. The van der Waals surface area contributed by atoms with Gasteiger partial charge in [-0.3, -0.25) is 9.59 Å². The van der Waals surface area contributed by atoms with E-state index >= 15 is 0 Å². The molecule has 1 aliphatic heterocycles. The summed E-state index contributed by atoms with van der Waals surface area (Å²) in [6, 6.07) is 1.47. The SMILES string of the molecule is CCC1C(C(C)=O)N(C(=O)C(NC(=O)O)C(C)(C)C)C[C@@H]1COc1nc2cc(C(F)(F)F)ccc2nc1CCCCCC1CCCC1. The van der Waals surface area contributed by atoms with Gasteiger partial charge in [0.2, 0.25) is 11.8 Å². The first kappa shape index (κ1) is 36.4. The topological polar surface area (TPSA) is 122 Å². The molecule has 12 heteroatoms. The number of fused-ring (bicyclic) bond motifs is 1. The summed E-state index contributed by atoms with van der Waals surface area (Å²) in [5.41, 5.74) is -0.586. The van der Waals surface area contributed by atoms with Crippen molar-refractivity contribution >= 4 is 28.8 Å². The molecular weight excluding hydrogens is 613 g/mol. The van der Waals surface area contributed by atoms with Gasteiger partial charge in [-0.25, -0.2) is 14.8 Å². The highest BCUT2D eigenvalue weighted by molar-refractivity contribution is 5.92. The van der Waals surface area contributed by atoms with Crippen LogP contribution in [0.1, 0.15) is 104 Å². The number of likely N-dealkylation sites (tertiary alicyclic amines) is 1. The minimum atomic E-state index is -4.54. The number of ketones is 1. The Morgan fingerprint density at radius 3 is 2.36 bits per heavy atom. The van der Waals surface area contributed by atoms with Crippen molar-refractivity contribution in [2.24, 2.45) is 23.2 Å². The van der Waals surface area contributed by atoms with Crippen LogP contribution in [0.5, 0.6) is 5.88 Å². The summed E-state index contributed by atoms with van der Waals surface area (Å²) in [6.07, 6.45) is 4.61. The van der Waals surface area contributed by atoms with E-state index in [1.165, 1.54) is 50.0 Å². The van der Waals surface area contributed by atoms with Gasteiger partial charge in [-0.15, -0.1) is 0 Å². The number of carbonyl (C=O) groups excluding carboxylic acids is 2. The number of ether oxygens (including phenoxy) is 1. The van der Waals surface area contributed by atoms with Crippen molar-refractivity contribution < 1.29 is 37.4 Å². The Labute approximate surface area is 275 Å². The number of rotatable bonds is 13. The van der Waals surface area contributed by atoms with E-state index in [9.17, 15) is 32.7 Å². The molecule has 4 atom stereocenters. The monoisotopic (exact) mass is 662 g/mol. The molecule has 2 fully saturated rings. The van der Waals surface area contributed by atoms with Crippen molar-refractivity contribution in [2.45, 2.75) is 117 Å². The van der Waals surface area contributed by atoms with Crippen molar-refractivity contribution in [1.29, 1.82) is 0 Å². The second kappa shape index (κ2) is 15.2. The summed E-state index contributed by atoms with van der Waals surface area (Å²) in [6.45, 7) is 8.82. The number of Topliss-reactive ketones (excluding diaryl/α,β-unsaturated/α-hetero) is 1. The summed E-state index contributed by atoms with van der Waals surface area (Å²) in [5.74, 6) is -0.304. The van der Waals surface area contributed by atoms with Crippen molar-refractivity contribution in [3.8, 4) is 5.88 Å². The fraction of sp³-hybridized carbons (Fsp3) is 0.686.